The molecule has 1 saturated heterocycles. The van der Waals surface area contributed by atoms with Crippen LogP contribution in [0.5, 0.6) is 0 Å². The molecular formula is C22H30F3N5O3. The van der Waals surface area contributed by atoms with Crippen molar-refractivity contribution in [1.82, 2.24) is 24.8 Å². The monoisotopic (exact) mass is 469 g/mol. The molecule has 1 aliphatic rings. The van der Waals surface area contributed by atoms with Crippen LogP contribution in [0.1, 0.15) is 43.6 Å². The molecule has 8 nitrogen and oxygen atoms in total. The molecule has 0 aliphatic carbocycles. The summed E-state index contributed by atoms with van der Waals surface area (Å²) in [6.07, 6.45) is -3.46. The third kappa shape index (κ3) is 6.91. The third-order valence-corrected chi connectivity index (χ3v) is 5.01. The summed E-state index contributed by atoms with van der Waals surface area (Å²) >= 11 is 0. The molecule has 2 heterocycles. The minimum Gasteiger partial charge on any atom is -0.444 e. The van der Waals surface area contributed by atoms with E-state index in [0.29, 0.717) is 18.7 Å². The lowest BCUT2D eigenvalue weighted by Gasteiger charge is -2.24. The molecule has 182 valence electrons. The number of carbonyl (C=O) groups excluding carboxylic acids is 1. The Morgan fingerprint density at radius 3 is 2.39 bits per heavy atom. The smallest absolute Gasteiger partial charge is 0.416 e. The topological polar surface area (TPSA) is 72.7 Å². The van der Waals surface area contributed by atoms with Crippen LogP contribution in [-0.4, -0.2) is 69.8 Å². The van der Waals surface area contributed by atoms with E-state index >= 15 is 0 Å². The van der Waals surface area contributed by atoms with Crippen molar-refractivity contribution < 1.29 is 27.4 Å². The number of alkyl halides is 3. The number of amides is 1. The van der Waals surface area contributed by atoms with Crippen LogP contribution in [0.15, 0.2) is 30.5 Å². The Morgan fingerprint density at radius 2 is 1.82 bits per heavy atom. The molecule has 0 bridgehead atoms. The lowest BCUT2D eigenvalue weighted by Crippen LogP contribution is -2.36. The van der Waals surface area contributed by atoms with Crippen molar-refractivity contribution in [1.29, 1.82) is 0 Å². The van der Waals surface area contributed by atoms with Gasteiger partial charge in [-0.25, -0.2) is 9.48 Å². The minimum absolute atomic E-state index is 0.0979. The molecule has 2 atom stereocenters. The Bertz CT molecular complexity index is 938. The summed E-state index contributed by atoms with van der Waals surface area (Å²) in [6, 6.07) is 4.54. The fraction of sp³-hybridized carbons (Fsp3) is 0.591. The van der Waals surface area contributed by atoms with Crippen LogP contribution < -0.4 is 0 Å². The number of nitrogens with zero attached hydrogens (tertiary/aromatic N) is 5. The van der Waals surface area contributed by atoms with Gasteiger partial charge < -0.3 is 19.3 Å². The normalized spacial score (nSPS) is 19.4. The van der Waals surface area contributed by atoms with Crippen molar-refractivity contribution in [3.8, 4) is 0 Å². The zero-order valence-electron chi connectivity index (χ0n) is 19.5. The van der Waals surface area contributed by atoms with Crippen molar-refractivity contribution in [2.75, 3.05) is 27.2 Å². The molecule has 0 saturated carbocycles. The first-order valence-electron chi connectivity index (χ1n) is 10.6. The summed E-state index contributed by atoms with van der Waals surface area (Å²) in [4.78, 5) is 16.2. The van der Waals surface area contributed by atoms with E-state index in [0.717, 1.165) is 17.8 Å². The molecule has 2 aromatic rings. The average Bonchev–Trinajstić information content (AvgIpc) is 3.31. The highest BCUT2D eigenvalue weighted by Crippen LogP contribution is 2.30. The van der Waals surface area contributed by atoms with Gasteiger partial charge in [-0.3, -0.25) is 0 Å². The number of likely N-dealkylation sites (tertiary alicyclic amines) is 1. The van der Waals surface area contributed by atoms with Gasteiger partial charge in [0.1, 0.15) is 5.60 Å². The van der Waals surface area contributed by atoms with Crippen molar-refractivity contribution in [3.63, 3.8) is 0 Å². The van der Waals surface area contributed by atoms with Gasteiger partial charge in [0.15, 0.2) is 0 Å². The number of carbonyl (C=O) groups is 1. The summed E-state index contributed by atoms with van der Waals surface area (Å²) in [7, 11) is 3.85. The molecule has 0 N–H and O–H groups in total. The van der Waals surface area contributed by atoms with Gasteiger partial charge in [-0.1, -0.05) is 17.3 Å². The van der Waals surface area contributed by atoms with Gasteiger partial charge in [-0.05, 0) is 52.6 Å². The van der Waals surface area contributed by atoms with E-state index in [-0.39, 0.29) is 19.2 Å². The molecule has 3 rings (SSSR count). The molecule has 1 aromatic carbocycles. The predicted octanol–water partition coefficient (Wildman–Crippen LogP) is 3.74. The summed E-state index contributed by atoms with van der Waals surface area (Å²) in [5.41, 5.74) is 0.0245. The quantitative estimate of drug-likeness (QED) is 0.642. The predicted molar refractivity (Wildman–Crippen MR) is 114 cm³/mol. The van der Waals surface area contributed by atoms with Crippen LogP contribution in [0.2, 0.25) is 0 Å². The molecule has 1 amide bonds. The molecule has 0 spiro atoms. The van der Waals surface area contributed by atoms with Gasteiger partial charge in [0.25, 0.3) is 0 Å². The molecular weight excluding hydrogens is 439 g/mol. The highest BCUT2D eigenvalue weighted by atomic mass is 19.4. The van der Waals surface area contributed by atoms with Gasteiger partial charge in [0, 0.05) is 13.1 Å². The Balaban J connectivity index is 1.73. The maximum Gasteiger partial charge on any atom is 0.416 e. The first-order chi connectivity index (χ1) is 15.3. The van der Waals surface area contributed by atoms with Gasteiger partial charge in [-0.15, -0.1) is 5.10 Å². The number of ether oxygens (including phenoxy) is 2. The molecule has 0 unspecified atom stereocenters. The molecule has 1 aliphatic heterocycles. The highest BCUT2D eigenvalue weighted by Gasteiger charge is 2.40. The SMILES string of the molecule is CN(C)Cc1cn([C@@H]2CN(C(=O)OC(C)(C)C)C[C@H]2OCc2ccc(C(F)(F)F)cc2)nn1. The van der Waals surface area contributed by atoms with E-state index in [4.69, 9.17) is 9.47 Å². The van der Waals surface area contributed by atoms with Crippen LogP contribution in [0.4, 0.5) is 18.0 Å². The first kappa shape index (κ1) is 25.0. The Hall–Kier alpha value is -2.66. The van der Waals surface area contributed by atoms with Crippen LogP contribution in [0, 0.1) is 0 Å². The van der Waals surface area contributed by atoms with Crippen molar-refractivity contribution in [2.45, 2.75) is 57.8 Å². The van der Waals surface area contributed by atoms with E-state index in [1.807, 2.05) is 25.2 Å². The van der Waals surface area contributed by atoms with Crippen molar-refractivity contribution in [3.05, 3.63) is 47.3 Å². The largest absolute Gasteiger partial charge is 0.444 e. The molecule has 11 heteroatoms. The third-order valence-electron chi connectivity index (χ3n) is 5.01. The van der Waals surface area contributed by atoms with Gasteiger partial charge in [0.2, 0.25) is 0 Å². The maximum atomic E-state index is 12.8. The highest BCUT2D eigenvalue weighted by molar-refractivity contribution is 5.68. The number of halogens is 3. The van der Waals surface area contributed by atoms with E-state index in [9.17, 15) is 18.0 Å². The van der Waals surface area contributed by atoms with Gasteiger partial charge >= 0.3 is 12.3 Å². The standard InChI is InChI=1S/C22H30F3N5O3/c1-21(2,3)33-20(31)29-12-18(30-11-17(26-27-30)10-28(4)5)19(13-29)32-14-15-6-8-16(9-7-15)22(23,24)25/h6-9,11,18-19H,10,12-14H2,1-5H3/t18-,19-/m1/s1. The van der Waals surface area contributed by atoms with E-state index < -0.39 is 29.5 Å². The molecule has 0 radical (unpaired) electrons. The van der Waals surface area contributed by atoms with Gasteiger partial charge in [-0.2, -0.15) is 13.2 Å². The fourth-order valence-corrected chi connectivity index (χ4v) is 3.52. The van der Waals surface area contributed by atoms with Crippen molar-refractivity contribution >= 4 is 6.09 Å². The first-order valence-corrected chi connectivity index (χ1v) is 10.6. The summed E-state index contributed by atoms with van der Waals surface area (Å²) < 4.78 is 51.7. The van der Waals surface area contributed by atoms with E-state index in [1.165, 1.54) is 12.1 Å². The number of rotatable bonds is 6. The number of benzene rings is 1. The zero-order valence-corrected chi connectivity index (χ0v) is 19.5. The molecule has 33 heavy (non-hydrogen) atoms. The lowest BCUT2D eigenvalue weighted by atomic mass is 10.1. The minimum atomic E-state index is -4.39. The maximum absolute atomic E-state index is 12.8. The van der Waals surface area contributed by atoms with Crippen LogP contribution in [-0.2, 0) is 28.8 Å². The number of hydrogen-bond donors (Lipinski definition) is 0. The molecule has 1 aromatic heterocycles. The lowest BCUT2D eigenvalue weighted by molar-refractivity contribution is -0.137. The zero-order chi connectivity index (χ0) is 24.4. The fourth-order valence-electron chi connectivity index (χ4n) is 3.52. The van der Waals surface area contributed by atoms with Gasteiger partial charge in [0.05, 0.1) is 42.8 Å². The van der Waals surface area contributed by atoms with E-state index in [2.05, 4.69) is 10.3 Å². The van der Waals surface area contributed by atoms with E-state index in [1.54, 1.807) is 30.4 Å². The number of hydrogen-bond acceptors (Lipinski definition) is 6. The Morgan fingerprint density at radius 1 is 1.15 bits per heavy atom. The van der Waals surface area contributed by atoms with Crippen molar-refractivity contribution in [2.24, 2.45) is 0 Å². The Labute approximate surface area is 191 Å². The Kier molecular flexibility index (Phi) is 7.32. The van der Waals surface area contributed by atoms with Crippen LogP contribution in [0.25, 0.3) is 0 Å². The van der Waals surface area contributed by atoms with Crippen LogP contribution >= 0.6 is 0 Å². The second kappa shape index (κ2) is 9.68. The molecule has 1 fully saturated rings. The average molecular weight is 470 g/mol. The number of aromatic nitrogens is 3. The summed E-state index contributed by atoms with van der Waals surface area (Å²) in [5, 5.41) is 8.41. The second-order valence-corrected chi connectivity index (χ2v) is 9.42. The summed E-state index contributed by atoms with van der Waals surface area (Å²) in [5.74, 6) is 0. The summed E-state index contributed by atoms with van der Waals surface area (Å²) in [6.45, 7) is 6.67. The second-order valence-electron chi connectivity index (χ2n) is 9.42. The van der Waals surface area contributed by atoms with Crippen LogP contribution in [0.3, 0.4) is 0 Å².